The van der Waals surface area contributed by atoms with Crippen molar-refractivity contribution in [3.63, 3.8) is 0 Å². The van der Waals surface area contributed by atoms with Crippen molar-refractivity contribution in [2.45, 2.75) is 33.2 Å². The minimum Gasteiger partial charge on any atom is -0.349 e. The molecule has 1 atom stereocenters. The zero-order chi connectivity index (χ0) is 16.3. The number of nitrogens with one attached hydrogen (secondary N) is 1. The Hall–Kier alpha value is -2.36. The molecule has 4 nitrogen and oxygen atoms in total. The average molecular weight is 298 g/mol. The molecule has 0 radical (unpaired) electrons. The summed E-state index contributed by atoms with van der Waals surface area (Å²) >= 11 is 0. The molecule has 22 heavy (non-hydrogen) atoms. The van der Waals surface area contributed by atoms with Crippen LogP contribution < -0.4 is 10.9 Å². The molecule has 2 rings (SSSR count). The fourth-order valence-electron chi connectivity index (χ4n) is 2.49. The third kappa shape index (κ3) is 3.85. The third-order valence-corrected chi connectivity index (χ3v) is 3.75. The molecule has 1 N–H and O–H groups in total. The highest BCUT2D eigenvalue weighted by Crippen LogP contribution is 2.12. The van der Waals surface area contributed by atoms with Gasteiger partial charge in [0.15, 0.2) is 0 Å². The van der Waals surface area contributed by atoms with Crippen LogP contribution in [0, 0.1) is 13.8 Å². The average Bonchev–Trinajstić information content (AvgIpc) is 2.45. The smallest absolute Gasteiger partial charge is 0.252 e. The van der Waals surface area contributed by atoms with Crippen LogP contribution in [-0.2, 0) is 13.5 Å². The van der Waals surface area contributed by atoms with Crippen LogP contribution in [0.15, 0.2) is 41.3 Å². The van der Waals surface area contributed by atoms with E-state index in [0.29, 0.717) is 5.56 Å². The summed E-state index contributed by atoms with van der Waals surface area (Å²) < 4.78 is 1.41. The Bertz CT molecular complexity index is 747. The van der Waals surface area contributed by atoms with Gasteiger partial charge in [-0.15, -0.1) is 0 Å². The van der Waals surface area contributed by atoms with E-state index in [4.69, 9.17) is 0 Å². The number of aromatic nitrogens is 1. The van der Waals surface area contributed by atoms with Crippen LogP contribution in [0.3, 0.4) is 0 Å². The van der Waals surface area contributed by atoms with E-state index in [1.54, 1.807) is 19.3 Å². The number of carbonyl (C=O) groups is 1. The Kier molecular flexibility index (Phi) is 4.81. The van der Waals surface area contributed by atoms with E-state index in [2.05, 4.69) is 37.4 Å². The number of nitrogens with zero attached hydrogens (tertiary/aromatic N) is 1. The molecule has 0 aliphatic heterocycles. The van der Waals surface area contributed by atoms with E-state index in [1.807, 2.05) is 6.92 Å². The summed E-state index contributed by atoms with van der Waals surface area (Å²) in [5.41, 5.74) is 4.08. The van der Waals surface area contributed by atoms with Gasteiger partial charge >= 0.3 is 0 Å². The number of hydrogen-bond acceptors (Lipinski definition) is 2. The molecule has 0 saturated carbocycles. The van der Waals surface area contributed by atoms with Gasteiger partial charge in [0, 0.05) is 25.4 Å². The largest absolute Gasteiger partial charge is 0.349 e. The summed E-state index contributed by atoms with van der Waals surface area (Å²) in [5, 5.41) is 2.98. The van der Waals surface area contributed by atoms with E-state index in [9.17, 15) is 9.59 Å². The van der Waals surface area contributed by atoms with Crippen LogP contribution in [0.4, 0.5) is 0 Å². The van der Waals surface area contributed by atoms with Crippen LogP contribution in [0.2, 0.25) is 0 Å². The van der Waals surface area contributed by atoms with Crippen molar-refractivity contribution < 1.29 is 4.79 Å². The van der Waals surface area contributed by atoms with Crippen molar-refractivity contribution in [3.8, 4) is 0 Å². The van der Waals surface area contributed by atoms with Gasteiger partial charge in [-0.25, -0.2) is 0 Å². The van der Waals surface area contributed by atoms with Crippen molar-refractivity contribution in [3.05, 3.63) is 69.1 Å². The minimum absolute atomic E-state index is 0.0196. The molecule has 1 heterocycles. The first kappa shape index (κ1) is 16.0. The summed E-state index contributed by atoms with van der Waals surface area (Å²) in [4.78, 5) is 23.6. The van der Waals surface area contributed by atoms with E-state index < -0.39 is 0 Å². The van der Waals surface area contributed by atoms with Crippen LogP contribution >= 0.6 is 0 Å². The predicted octanol–water partition coefficient (Wildman–Crippen LogP) is 2.36. The molecule has 1 amide bonds. The standard InChI is InChI=1S/C18H22N2O2/c1-12-5-6-15(13(2)9-12)10-14(3)19-18(22)16-7-8-17(21)20(4)11-16/h5-9,11,14H,10H2,1-4H3,(H,19,22). The molecule has 116 valence electrons. The Morgan fingerprint density at radius 2 is 1.95 bits per heavy atom. The summed E-state index contributed by atoms with van der Waals surface area (Å²) in [7, 11) is 1.64. The SMILES string of the molecule is Cc1ccc(CC(C)NC(=O)c2ccc(=O)n(C)c2)c(C)c1. The first-order chi connectivity index (χ1) is 10.4. The Morgan fingerprint density at radius 3 is 2.59 bits per heavy atom. The molecule has 0 saturated heterocycles. The number of carbonyl (C=O) groups excluding carboxylic acids is 1. The first-order valence-corrected chi connectivity index (χ1v) is 7.40. The fourth-order valence-corrected chi connectivity index (χ4v) is 2.49. The first-order valence-electron chi connectivity index (χ1n) is 7.40. The van der Waals surface area contributed by atoms with Gasteiger partial charge < -0.3 is 9.88 Å². The van der Waals surface area contributed by atoms with Gasteiger partial charge in [0.1, 0.15) is 0 Å². The lowest BCUT2D eigenvalue weighted by Gasteiger charge is -2.16. The highest BCUT2D eigenvalue weighted by molar-refractivity contribution is 5.94. The van der Waals surface area contributed by atoms with Crippen LogP contribution in [0.5, 0.6) is 0 Å². The Balaban J connectivity index is 2.04. The lowest BCUT2D eigenvalue weighted by atomic mass is 10.00. The lowest BCUT2D eigenvalue weighted by molar-refractivity contribution is 0.0939. The highest BCUT2D eigenvalue weighted by atomic mass is 16.2. The number of amides is 1. The third-order valence-electron chi connectivity index (χ3n) is 3.75. The highest BCUT2D eigenvalue weighted by Gasteiger charge is 2.12. The second-order valence-electron chi connectivity index (χ2n) is 5.88. The molecular formula is C18H22N2O2. The van der Waals surface area contributed by atoms with Gasteiger partial charge in [-0.3, -0.25) is 9.59 Å². The normalized spacial score (nSPS) is 12.0. The van der Waals surface area contributed by atoms with E-state index in [-0.39, 0.29) is 17.5 Å². The predicted molar refractivity (Wildman–Crippen MR) is 88.2 cm³/mol. The number of benzene rings is 1. The maximum Gasteiger partial charge on any atom is 0.252 e. The molecule has 0 spiro atoms. The fraction of sp³-hybridized carbons (Fsp3) is 0.333. The lowest BCUT2D eigenvalue weighted by Crippen LogP contribution is -2.35. The van der Waals surface area contributed by atoms with Gasteiger partial charge in [-0.2, -0.15) is 0 Å². The van der Waals surface area contributed by atoms with E-state index in [1.165, 1.54) is 27.3 Å². The Labute approximate surface area is 130 Å². The molecule has 1 aromatic heterocycles. The summed E-state index contributed by atoms with van der Waals surface area (Å²) in [6, 6.07) is 9.33. The van der Waals surface area contributed by atoms with E-state index in [0.717, 1.165) is 6.42 Å². The molecular weight excluding hydrogens is 276 g/mol. The second-order valence-corrected chi connectivity index (χ2v) is 5.88. The maximum absolute atomic E-state index is 12.2. The summed E-state index contributed by atoms with van der Waals surface area (Å²) in [6.07, 6.45) is 2.34. The molecule has 1 unspecified atom stereocenters. The summed E-state index contributed by atoms with van der Waals surface area (Å²) in [5.74, 6) is -0.159. The van der Waals surface area contributed by atoms with Gasteiger partial charge in [0.05, 0.1) is 5.56 Å². The quantitative estimate of drug-likeness (QED) is 0.942. The minimum atomic E-state index is -0.159. The van der Waals surface area contributed by atoms with Gasteiger partial charge in [0.25, 0.3) is 5.91 Å². The maximum atomic E-state index is 12.2. The number of aryl methyl sites for hydroxylation is 3. The molecule has 0 bridgehead atoms. The molecule has 4 heteroatoms. The number of pyridine rings is 1. The van der Waals surface area contributed by atoms with Crippen LogP contribution in [-0.4, -0.2) is 16.5 Å². The van der Waals surface area contributed by atoms with Crippen LogP contribution in [0.1, 0.15) is 34.0 Å². The zero-order valence-corrected chi connectivity index (χ0v) is 13.5. The zero-order valence-electron chi connectivity index (χ0n) is 13.5. The molecule has 2 aromatic rings. The van der Waals surface area contributed by atoms with Crippen molar-refractivity contribution in [1.82, 2.24) is 9.88 Å². The van der Waals surface area contributed by atoms with Crippen molar-refractivity contribution >= 4 is 5.91 Å². The monoisotopic (exact) mass is 298 g/mol. The van der Waals surface area contributed by atoms with Crippen molar-refractivity contribution in [2.24, 2.45) is 7.05 Å². The van der Waals surface area contributed by atoms with Gasteiger partial charge in [-0.1, -0.05) is 23.8 Å². The van der Waals surface area contributed by atoms with Crippen LogP contribution in [0.25, 0.3) is 0 Å². The number of rotatable bonds is 4. The molecule has 0 fully saturated rings. The molecule has 0 aliphatic rings. The topological polar surface area (TPSA) is 51.1 Å². The summed E-state index contributed by atoms with van der Waals surface area (Å²) in [6.45, 7) is 6.14. The Morgan fingerprint density at radius 1 is 1.23 bits per heavy atom. The van der Waals surface area contributed by atoms with Crippen molar-refractivity contribution in [2.75, 3.05) is 0 Å². The van der Waals surface area contributed by atoms with Crippen molar-refractivity contribution in [1.29, 1.82) is 0 Å². The molecule has 0 aliphatic carbocycles. The second kappa shape index (κ2) is 6.60. The van der Waals surface area contributed by atoms with E-state index >= 15 is 0 Å². The van der Waals surface area contributed by atoms with Gasteiger partial charge in [0.2, 0.25) is 5.56 Å². The number of hydrogen-bond donors (Lipinski definition) is 1. The van der Waals surface area contributed by atoms with Gasteiger partial charge in [-0.05, 0) is 44.4 Å². The molecule has 1 aromatic carbocycles.